The fourth-order valence-corrected chi connectivity index (χ4v) is 2.64. The van der Waals surface area contributed by atoms with Crippen LogP contribution in [0.1, 0.15) is 21.5 Å². The molecule has 0 saturated carbocycles. The molecule has 0 aromatic heterocycles. The molecule has 0 spiro atoms. The number of rotatable bonds is 7. The molecule has 7 heteroatoms. The molecule has 0 unspecified atom stereocenters. The van der Waals surface area contributed by atoms with Crippen LogP contribution < -0.4 is 15.4 Å². The van der Waals surface area contributed by atoms with Crippen LogP contribution in [-0.4, -0.2) is 51.1 Å². The van der Waals surface area contributed by atoms with E-state index in [4.69, 9.17) is 4.74 Å². The van der Waals surface area contributed by atoms with Crippen molar-refractivity contribution in [3.05, 3.63) is 65.2 Å². The molecule has 0 aliphatic rings. The number of nitrogens with zero attached hydrogens (tertiary/aromatic N) is 2. The second kappa shape index (κ2) is 12.2. The monoisotopic (exact) mass is 496 g/mol. The predicted molar refractivity (Wildman–Crippen MR) is 125 cm³/mol. The van der Waals surface area contributed by atoms with E-state index < -0.39 is 0 Å². The summed E-state index contributed by atoms with van der Waals surface area (Å²) in [7, 11) is 5.33. The fraction of sp³-hybridized carbons (Fsp3) is 0.333. The van der Waals surface area contributed by atoms with Gasteiger partial charge in [-0.3, -0.25) is 9.79 Å². The zero-order valence-corrected chi connectivity index (χ0v) is 19.2. The zero-order chi connectivity index (χ0) is 19.6. The van der Waals surface area contributed by atoms with E-state index in [2.05, 4.69) is 51.7 Å². The van der Waals surface area contributed by atoms with E-state index in [0.717, 1.165) is 12.5 Å². The molecule has 1 amide bonds. The number of methoxy groups -OCH3 is 1. The Morgan fingerprint density at radius 1 is 1.11 bits per heavy atom. The van der Waals surface area contributed by atoms with Crippen molar-refractivity contribution in [3.8, 4) is 5.75 Å². The van der Waals surface area contributed by atoms with Gasteiger partial charge >= 0.3 is 0 Å². The Morgan fingerprint density at radius 3 is 2.43 bits per heavy atom. The molecule has 0 radical (unpaired) electrons. The number of nitrogens with one attached hydrogen (secondary N) is 2. The summed E-state index contributed by atoms with van der Waals surface area (Å²) in [6, 6.07) is 15.5. The van der Waals surface area contributed by atoms with Crippen molar-refractivity contribution < 1.29 is 9.53 Å². The van der Waals surface area contributed by atoms with E-state index in [1.165, 1.54) is 11.1 Å². The van der Waals surface area contributed by atoms with Crippen molar-refractivity contribution in [2.45, 2.75) is 13.5 Å². The number of benzene rings is 2. The van der Waals surface area contributed by atoms with Crippen LogP contribution in [0.15, 0.2) is 53.5 Å². The SMILES string of the molecule is CN=C(NCCNC(=O)c1cccc(OC)c1)N(C)Cc1ccc(C)cc1.I. The van der Waals surface area contributed by atoms with Gasteiger partial charge in [-0.2, -0.15) is 0 Å². The molecule has 0 aliphatic heterocycles. The molecule has 0 saturated heterocycles. The van der Waals surface area contributed by atoms with Crippen molar-refractivity contribution in [2.24, 2.45) is 4.99 Å². The zero-order valence-electron chi connectivity index (χ0n) is 16.9. The van der Waals surface area contributed by atoms with Gasteiger partial charge in [0, 0.05) is 39.3 Å². The average molecular weight is 496 g/mol. The van der Waals surface area contributed by atoms with Crippen LogP contribution in [0, 0.1) is 6.92 Å². The summed E-state index contributed by atoms with van der Waals surface area (Å²) in [4.78, 5) is 18.5. The van der Waals surface area contributed by atoms with Crippen molar-refractivity contribution >= 4 is 35.8 Å². The first-order valence-electron chi connectivity index (χ1n) is 8.93. The van der Waals surface area contributed by atoms with Gasteiger partial charge in [0.15, 0.2) is 5.96 Å². The highest BCUT2D eigenvalue weighted by Gasteiger charge is 2.08. The summed E-state index contributed by atoms with van der Waals surface area (Å²) in [5, 5.41) is 6.16. The smallest absolute Gasteiger partial charge is 0.251 e. The third kappa shape index (κ3) is 7.38. The third-order valence-electron chi connectivity index (χ3n) is 4.14. The molecular weight excluding hydrogens is 467 g/mol. The number of carbonyl (C=O) groups is 1. The summed E-state index contributed by atoms with van der Waals surface area (Å²) in [6.07, 6.45) is 0. The molecular formula is C21H29IN4O2. The number of hydrogen-bond donors (Lipinski definition) is 2. The first-order valence-corrected chi connectivity index (χ1v) is 8.93. The van der Waals surface area contributed by atoms with Crippen LogP contribution >= 0.6 is 24.0 Å². The van der Waals surface area contributed by atoms with Crippen molar-refractivity contribution in [1.82, 2.24) is 15.5 Å². The lowest BCUT2D eigenvalue weighted by Gasteiger charge is -2.22. The highest BCUT2D eigenvalue weighted by atomic mass is 127. The predicted octanol–water partition coefficient (Wildman–Crippen LogP) is 3.06. The highest BCUT2D eigenvalue weighted by molar-refractivity contribution is 14.0. The average Bonchev–Trinajstić information content (AvgIpc) is 2.69. The van der Waals surface area contributed by atoms with Crippen molar-refractivity contribution in [2.75, 3.05) is 34.3 Å². The van der Waals surface area contributed by atoms with E-state index in [0.29, 0.717) is 24.4 Å². The Bertz CT molecular complexity index is 778. The van der Waals surface area contributed by atoms with Gasteiger partial charge in [0.1, 0.15) is 5.75 Å². The van der Waals surface area contributed by atoms with Crippen LogP contribution in [0.5, 0.6) is 5.75 Å². The van der Waals surface area contributed by atoms with E-state index in [1.807, 2.05) is 13.1 Å². The first-order chi connectivity index (χ1) is 13.0. The maximum absolute atomic E-state index is 12.2. The molecule has 0 bridgehead atoms. The second-order valence-electron chi connectivity index (χ2n) is 6.30. The highest BCUT2D eigenvalue weighted by Crippen LogP contribution is 2.12. The molecule has 0 heterocycles. The van der Waals surface area contributed by atoms with Crippen molar-refractivity contribution in [1.29, 1.82) is 0 Å². The summed E-state index contributed by atoms with van der Waals surface area (Å²) < 4.78 is 5.14. The van der Waals surface area contributed by atoms with Gasteiger partial charge in [-0.15, -0.1) is 24.0 Å². The largest absolute Gasteiger partial charge is 0.497 e. The van der Waals surface area contributed by atoms with E-state index >= 15 is 0 Å². The lowest BCUT2D eigenvalue weighted by Crippen LogP contribution is -2.42. The quantitative estimate of drug-likeness (QED) is 0.268. The van der Waals surface area contributed by atoms with Crippen molar-refractivity contribution in [3.63, 3.8) is 0 Å². The number of amides is 1. The van der Waals surface area contributed by atoms with Gasteiger partial charge in [-0.05, 0) is 30.7 Å². The Kier molecular flexibility index (Phi) is 10.4. The Morgan fingerprint density at radius 2 is 1.79 bits per heavy atom. The minimum atomic E-state index is -0.126. The summed E-state index contributed by atoms with van der Waals surface area (Å²) in [5.74, 6) is 1.32. The van der Waals surface area contributed by atoms with Crippen LogP contribution in [-0.2, 0) is 6.54 Å². The number of guanidine groups is 1. The van der Waals surface area contributed by atoms with Gasteiger partial charge in [0.2, 0.25) is 0 Å². The van der Waals surface area contributed by atoms with Crippen LogP contribution in [0.3, 0.4) is 0 Å². The van der Waals surface area contributed by atoms with Crippen LogP contribution in [0.2, 0.25) is 0 Å². The minimum absolute atomic E-state index is 0. The molecule has 2 aromatic rings. The second-order valence-corrected chi connectivity index (χ2v) is 6.30. The molecule has 0 fully saturated rings. The maximum atomic E-state index is 12.2. The van der Waals surface area contributed by atoms with E-state index in [9.17, 15) is 4.79 Å². The molecule has 6 nitrogen and oxygen atoms in total. The number of hydrogen-bond acceptors (Lipinski definition) is 3. The molecule has 0 atom stereocenters. The number of aliphatic imine (C=N–C) groups is 1. The van der Waals surface area contributed by atoms with Gasteiger partial charge in [0.25, 0.3) is 5.91 Å². The third-order valence-corrected chi connectivity index (χ3v) is 4.14. The summed E-state index contributed by atoms with van der Waals surface area (Å²) >= 11 is 0. The Balaban J connectivity index is 0.00000392. The number of ether oxygens (including phenoxy) is 1. The topological polar surface area (TPSA) is 66.0 Å². The van der Waals surface area contributed by atoms with Gasteiger partial charge in [-0.25, -0.2) is 0 Å². The lowest BCUT2D eigenvalue weighted by molar-refractivity contribution is 0.0954. The standard InChI is InChI=1S/C21H28N4O2.HI/c1-16-8-10-17(11-9-16)15-25(3)21(22-2)24-13-12-23-20(26)18-6-5-7-19(14-18)27-4;/h5-11,14H,12-13,15H2,1-4H3,(H,22,24)(H,23,26);1H. The van der Waals surface area contributed by atoms with Crippen LogP contribution in [0.25, 0.3) is 0 Å². The molecule has 152 valence electrons. The fourth-order valence-electron chi connectivity index (χ4n) is 2.64. The van der Waals surface area contributed by atoms with Gasteiger partial charge in [-0.1, -0.05) is 35.9 Å². The van der Waals surface area contributed by atoms with E-state index in [1.54, 1.807) is 32.4 Å². The number of carbonyl (C=O) groups excluding carboxylic acids is 1. The lowest BCUT2D eigenvalue weighted by atomic mass is 10.1. The molecule has 2 N–H and O–H groups in total. The molecule has 2 rings (SSSR count). The molecule has 28 heavy (non-hydrogen) atoms. The van der Waals surface area contributed by atoms with Gasteiger partial charge in [0.05, 0.1) is 7.11 Å². The maximum Gasteiger partial charge on any atom is 0.251 e. The summed E-state index contributed by atoms with van der Waals surface area (Å²) in [5.41, 5.74) is 3.04. The number of halogens is 1. The van der Waals surface area contributed by atoms with Gasteiger partial charge < -0.3 is 20.3 Å². The van der Waals surface area contributed by atoms with E-state index in [-0.39, 0.29) is 29.9 Å². The number of aryl methyl sites for hydroxylation is 1. The molecule has 2 aromatic carbocycles. The minimum Gasteiger partial charge on any atom is -0.497 e. The first kappa shape index (κ1) is 23.7. The molecule has 0 aliphatic carbocycles. The Labute approximate surface area is 184 Å². The van der Waals surface area contributed by atoms with Crippen LogP contribution in [0.4, 0.5) is 0 Å². The Hall–Kier alpha value is -2.29. The normalized spacial score (nSPS) is 10.6. The summed E-state index contributed by atoms with van der Waals surface area (Å²) in [6.45, 7) is 3.91.